The molecule has 1 aliphatic rings. The highest BCUT2D eigenvalue weighted by Crippen LogP contribution is 2.32. The maximum atomic E-state index is 11.6. The van der Waals surface area contributed by atoms with E-state index >= 15 is 0 Å². The van der Waals surface area contributed by atoms with Crippen LogP contribution < -0.4 is 11.2 Å². The van der Waals surface area contributed by atoms with Crippen LogP contribution in [-0.2, 0) is 13.8 Å². The van der Waals surface area contributed by atoms with Crippen LogP contribution in [0, 0.1) is 0 Å². The fourth-order valence-corrected chi connectivity index (χ4v) is 2.65. The van der Waals surface area contributed by atoms with Crippen molar-refractivity contribution < 1.29 is 28.9 Å². The quantitative estimate of drug-likeness (QED) is 0.380. The van der Waals surface area contributed by atoms with E-state index in [2.05, 4.69) is 14.5 Å². The number of rotatable bonds is 4. The first-order valence-electron chi connectivity index (χ1n) is 6.38. The molecule has 0 radical (unpaired) electrons. The Hall–Kier alpha value is -1.95. The van der Waals surface area contributed by atoms with Gasteiger partial charge in [0, 0.05) is 4.57 Å². The monoisotopic (exact) mass is 347 g/mol. The zero-order chi connectivity index (χ0) is 16.7. The average molecular weight is 347 g/mol. The van der Waals surface area contributed by atoms with Crippen molar-refractivity contribution in [3.05, 3.63) is 27.2 Å². The predicted molar refractivity (Wildman–Crippen MR) is 72.7 cm³/mol. The smallest absolute Gasteiger partial charge is 0.387 e. The molecule has 3 rings (SSSR count). The van der Waals surface area contributed by atoms with Gasteiger partial charge in [0.25, 0.3) is 5.56 Å². The zero-order valence-electron chi connectivity index (χ0n) is 11.3. The number of hydrogen-bond donors (Lipinski definition) is 5. The van der Waals surface area contributed by atoms with Gasteiger partial charge < -0.3 is 14.9 Å². The Morgan fingerprint density at radius 3 is 2.78 bits per heavy atom. The minimum atomic E-state index is -2.88. The van der Waals surface area contributed by atoms with Crippen molar-refractivity contribution in [1.82, 2.24) is 19.5 Å². The molecule has 12 nitrogen and oxygen atoms in total. The minimum Gasteiger partial charge on any atom is -0.387 e. The van der Waals surface area contributed by atoms with Crippen LogP contribution in [0.15, 0.2) is 15.9 Å². The summed E-state index contributed by atoms with van der Waals surface area (Å²) in [6.07, 6.45) is -3.92. The second-order valence-corrected chi connectivity index (χ2v) is 5.57. The number of nitrogens with one attached hydrogen (secondary N) is 2. The van der Waals surface area contributed by atoms with Gasteiger partial charge in [0.05, 0.1) is 6.33 Å². The van der Waals surface area contributed by atoms with E-state index in [1.807, 2.05) is 4.98 Å². The Labute approximate surface area is 127 Å². The number of ether oxygens (including phenoxy) is 1. The van der Waals surface area contributed by atoms with Crippen molar-refractivity contribution in [1.29, 1.82) is 0 Å². The number of nitrogens with zero attached hydrogens (tertiary/aromatic N) is 2. The van der Waals surface area contributed by atoms with Gasteiger partial charge in [-0.05, 0) is 0 Å². The van der Waals surface area contributed by atoms with Crippen LogP contribution in [0.4, 0.5) is 0 Å². The average Bonchev–Trinajstić information content (AvgIpc) is 3.00. The summed E-state index contributed by atoms with van der Waals surface area (Å²) in [5, 5.41) is 20.0. The van der Waals surface area contributed by atoms with Gasteiger partial charge in [-0.1, -0.05) is 0 Å². The highest BCUT2D eigenvalue weighted by Gasteiger charge is 2.45. The van der Waals surface area contributed by atoms with E-state index in [-0.39, 0.29) is 11.2 Å². The molecule has 5 N–H and O–H groups in total. The summed E-state index contributed by atoms with van der Waals surface area (Å²) >= 11 is 0. The third kappa shape index (κ3) is 2.83. The minimum absolute atomic E-state index is 0.00445. The molecule has 3 heterocycles. The highest BCUT2D eigenvalue weighted by molar-refractivity contribution is 7.32. The Kier molecular flexibility index (Phi) is 4.10. The lowest BCUT2D eigenvalue weighted by molar-refractivity contribution is -0.0476. The van der Waals surface area contributed by atoms with Crippen LogP contribution in [0.5, 0.6) is 0 Å². The first-order valence-corrected chi connectivity index (χ1v) is 7.51. The molecule has 23 heavy (non-hydrogen) atoms. The lowest BCUT2D eigenvalue weighted by atomic mass is 10.1. The molecular formula is C10H12N4O8P+. The molecule has 0 saturated carbocycles. The van der Waals surface area contributed by atoms with E-state index in [1.165, 1.54) is 4.57 Å². The molecule has 13 heteroatoms. The summed E-state index contributed by atoms with van der Waals surface area (Å²) in [7, 11) is -2.88. The fraction of sp³-hybridized carbons (Fsp3) is 0.500. The van der Waals surface area contributed by atoms with Crippen molar-refractivity contribution in [2.24, 2.45) is 0 Å². The number of fused-ring (bicyclic) bond motifs is 1. The van der Waals surface area contributed by atoms with Crippen LogP contribution in [0.2, 0.25) is 0 Å². The van der Waals surface area contributed by atoms with E-state index in [4.69, 9.17) is 9.63 Å². The summed E-state index contributed by atoms with van der Waals surface area (Å²) in [5.74, 6) is 0. The molecule has 0 bridgehead atoms. The Bertz CT molecular complexity index is 858. The molecule has 0 aliphatic carbocycles. The second-order valence-electron chi connectivity index (χ2n) is 4.84. The number of aromatic amines is 2. The standard InChI is InChI=1S/C10H11N4O8P/c15-5-3(1-21-23(19)20)22-9(6(5)16)14-2-11-4-7(14)12-10(18)13-8(4)17/h2-3,5-6,9,15-16H,1H2,(H2-,12,13,17,18,19,20)/p+1/t3-,5-,6-,9-/m1/s1. The number of H-pyrrole nitrogens is 2. The van der Waals surface area contributed by atoms with E-state index in [0.29, 0.717) is 0 Å². The lowest BCUT2D eigenvalue weighted by Crippen LogP contribution is -2.33. The molecule has 0 aromatic carbocycles. The van der Waals surface area contributed by atoms with Gasteiger partial charge in [-0.25, -0.2) is 9.78 Å². The van der Waals surface area contributed by atoms with E-state index in [0.717, 1.165) is 6.33 Å². The van der Waals surface area contributed by atoms with E-state index in [1.54, 1.807) is 0 Å². The van der Waals surface area contributed by atoms with Gasteiger partial charge in [0.15, 0.2) is 11.7 Å². The molecule has 124 valence electrons. The van der Waals surface area contributed by atoms with Crippen LogP contribution in [-0.4, -0.2) is 59.5 Å². The summed E-state index contributed by atoms with van der Waals surface area (Å²) < 4.78 is 21.6. The molecule has 1 saturated heterocycles. The lowest BCUT2D eigenvalue weighted by Gasteiger charge is -2.16. The largest absolute Gasteiger partial charge is 0.694 e. The number of aromatic nitrogens is 4. The Morgan fingerprint density at radius 1 is 1.35 bits per heavy atom. The molecule has 1 aliphatic heterocycles. The molecule has 1 unspecified atom stereocenters. The van der Waals surface area contributed by atoms with Gasteiger partial charge in [0.2, 0.25) is 0 Å². The van der Waals surface area contributed by atoms with E-state index in [9.17, 15) is 24.4 Å². The first-order chi connectivity index (χ1) is 10.9. The normalized spacial score (nSPS) is 28.4. The predicted octanol–water partition coefficient (Wildman–Crippen LogP) is -2.30. The Balaban J connectivity index is 1.94. The van der Waals surface area contributed by atoms with Crippen molar-refractivity contribution >= 4 is 19.4 Å². The second kappa shape index (κ2) is 5.92. The van der Waals surface area contributed by atoms with Crippen molar-refractivity contribution in [2.45, 2.75) is 24.5 Å². The van der Waals surface area contributed by atoms with Gasteiger partial charge in [-0.2, -0.15) is 0 Å². The molecule has 0 spiro atoms. The van der Waals surface area contributed by atoms with Crippen LogP contribution >= 0.6 is 8.25 Å². The third-order valence-electron chi connectivity index (χ3n) is 3.43. The summed E-state index contributed by atoms with van der Waals surface area (Å²) in [6, 6.07) is 0. The number of hydrogen-bond acceptors (Lipinski definition) is 8. The first kappa shape index (κ1) is 15.9. The van der Waals surface area contributed by atoms with Crippen LogP contribution in [0.3, 0.4) is 0 Å². The van der Waals surface area contributed by atoms with Crippen molar-refractivity contribution in [2.75, 3.05) is 6.61 Å². The van der Waals surface area contributed by atoms with Crippen LogP contribution in [0.25, 0.3) is 11.2 Å². The van der Waals surface area contributed by atoms with Gasteiger partial charge in [-0.3, -0.25) is 19.3 Å². The number of aliphatic hydroxyl groups excluding tert-OH is 2. The maximum Gasteiger partial charge on any atom is 0.694 e. The van der Waals surface area contributed by atoms with Crippen molar-refractivity contribution in [3.63, 3.8) is 0 Å². The summed E-state index contributed by atoms with van der Waals surface area (Å²) in [5.41, 5.74) is -1.56. The van der Waals surface area contributed by atoms with E-state index < -0.39 is 50.7 Å². The molecular weight excluding hydrogens is 335 g/mol. The fourth-order valence-electron chi connectivity index (χ4n) is 2.38. The molecule has 2 aromatic heterocycles. The van der Waals surface area contributed by atoms with Crippen molar-refractivity contribution in [3.8, 4) is 0 Å². The number of aliphatic hydroxyl groups is 2. The zero-order valence-corrected chi connectivity index (χ0v) is 12.2. The Morgan fingerprint density at radius 2 is 2.09 bits per heavy atom. The highest BCUT2D eigenvalue weighted by atomic mass is 31.1. The molecule has 1 fully saturated rings. The topological polar surface area (TPSA) is 180 Å². The third-order valence-corrected chi connectivity index (χ3v) is 3.80. The molecule has 0 amide bonds. The van der Waals surface area contributed by atoms with Crippen LogP contribution in [0.1, 0.15) is 6.23 Å². The van der Waals surface area contributed by atoms with Gasteiger partial charge in [0.1, 0.15) is 30.6 Å². The number of imidazole rings is 1. The SMILES string of the molecule is O=c1[nH]c(=O)c2ncn([C@@H]3O[C@H](CO[P+](=O)O)[C@@H](O)[C@H]3O)c2[nH]1. The van der Waals surface area contributed by atoms with Gasteiger partial charge in [-0.15, -0.1) is 9.42 Å². The molecule has 2 aromatic rings. The maximum absolute atomic E-state index is 11.6. The van der Waals surface area contributed by atoms with Gasteiger partial charge >= 0.3 is 13.9 Å². The summed E-state index contributed by atoms with van der Waals surface area (Å²) in [6.45, 7) is -0.426. The molecule has 5 atom stereocenters. The summed E-state index contributed by atoms with van der Waals surface area (Å²) in [4.78, 5) is 39.8.